The van der Waals surface area contributed by atoms with Crippen LogP contribution in [0.5, 0.6) is 0 Å². The molecule has 1 heterocycles. The summed E-state index contributed by atoms with van der Waals surface area (Å²) in [6.45, 7) is 8.98. The number of rotatable bonds is 2. The van der Waals surface area contributed by atoms with E-state index in [1.165, 1.54) is 0 Å². The maximum absolute atomic E-state index is 5.95. The van der Waals surface area contributed by atoms with Crippen LogP contribution in [0.2, 0.25) is 5.15 Å². The normalized spacial score (nSPS) is 22.5. The van der Waals surface area contributed by atoms with Crippen molar-refractivity contribution < 1.29 is 0 Å². The topological polar surface area (TPSA) is 37.8 Å². The van der Waals surface area contributed by atoms with Crippen LogP contribution in [0.3, 0.4) is 0 Å². The lowest BCUT2D eigenvalue weighted by molar-refractivity contribution is 0.457. The standard InChI is InChI=1S/C11H16ClN3/c1-10(2)9(11(10,3)4)15-8-7(12)13-5-6-14-8/h5-6,9H,1-4H3,(H,14,15). The van der Waals surface area contributed by atoms with Crippen LogP contribution in [0, 0.1) is 10.8 Å². The molecule has 0 unspecified atom stereocenters. The summed E-state index contributed by atoms with van der Waals surface area (Å²) in [7, 11) is 0. The van der Waals surface area contributed by atoms with Gasteiger partial charge in [0.2, 0.25) is 0 Å². The second kappa shape index (κ2) is 3.08. The average Bonchev–Trinajstić information content (AvgIpc) is 2.51. The van der Waals surface area contributed by atoms with Gasteiger partial charge in [-0.1, -0.05) is 39.3 Å². The molecule has 1 aromatic heterocycles. The highest BCUT2D eigenvalue weighted by Crippen LogP contribution is 2.63. The molecule has 0 aliphatic heterocycles. The lowest BCUT2D eigenvalue weighted by atomic mass is 10.0. The van der Waals surface area contributed by atoms with Crippen molar-refractivity contribution in [3.8, 4) is 0 Å². The van der Waals surface area contributed by atoms with Gasteiger partial charge in [-0.15, -0.1) is 0 Å². The Morgan fingerprint density at radius 1 is 1.13 bits per heavy atom. The largest absolute Gasteiger partial charge is 0.364 e. The van der Waals surface area contributed by atoms with Crippen LogP contribution in [0.25, 0.3) is 0 Å². The molecule has 1 N–H and O–H groups in total. The summed E-state index contributed by atoms with van der Waals surface area (Å²) in [4.78, 5) is 8.18. The quantitative estimate of drug-likeness (QED) is 0.841. The molecule has 4 heteroatoms. The first-order valence-electron chi connectivity index (χ1n) is 5.10. The third-order valence-corrected chi connectivity index (χ3v) is 4.23. The molecule has 0 amide bonds. The zero-order valence-electron chi connectivity index (χ0n) is 9.50. The second-order valence-electron chi connectivity index (χ2n) is 5.22. The van der Waals surface area contributed by atoms with Crippen molar-refractivity contribution in [1.82, 2.24) is 9.97 Å². The summed E-state index contributed by atoms with van der Waals surface area (Å²) in [6, 6.07) is 0.402. The van der Waals surface area contributed by atoms with Gasteiger partial charge in [-0.25, -0.2) is 9.97 Å². The lowest BCUT2D eigenvalue weighted by Gasteiger charge is -2.07. The molecule has 0 saturated heterocycles. The van der Waals surface area contributed by atoms with Gasteiger partial charge in [0.1, 0.15) is 0 Å². The first kappa shape index (κ1) is 10.7. The van der Waals surface area contributed by atoms with Gasteiger partial charge in [0.15, 0.2) is 11.0 Å². The zero-order valence-corrected chi connectivity index (χ0v) is 10.3. The Labute approximate surface area is 95.3 Å². The molecule has 1 saturated carbocycles. The van der Waals surface area contributed by atoms with Gasteiger partial charge in [-0.3, -0.25) is 0 Å². The Balaban J connectivity index is 2.16. The molecule has 1 aliphatic carbocycles. The van der Waals surface area contributed by atoms with E-state index in [-0.39, 0.29) is 10.8 Å². The van der Waals surface area contributed by atoms with Crippen LogP contribution in [-0.2, 0) is 0 Å². The van der Waals surface area contributed by atoms with Gasteiger partial charge in [0.25, 0.3) is 0 Å². The fraction of sp³-hybridized carbons (Fsp3) is 0.636. The van der Waals surface area contributed by atoms with E-state index in [2.05, 4.69) is 43.0 Å². The maximum Gasteiger partial charge on any atom is 0.171 e. The van der Waals surface area contributed by atoms with E-state index in [4.69, 9.17) is 11.6 Å². The molecule has 0 atom stereocenters. The lowest BCUT2D eigenvalue weighted by Crippen LogP contribution is -2.11. The van der Waals surface area contributed by atoms with Crippen molar-refractivity contribution in [1.29, 1.82) is 0 Å². The summed E-state index contributed by atoms with van der Waals surface area (Å²) < 4.78 is 0. The van der Waals surface area contributed by atoms with Crippen LogP contribution < -0.4 is 5.32 Å². The van der Waals surface area contributed by atoms with E-state index < -0.39 is 0 Å². The molecule has 2 rings (SSSR count). The fourth-order valence-corrected chi connectivity index (χ4v) is 2.27. The Hall–Kier alpha value is -0.830. The first-order chi connectivity index (χ1) is 6.87. The monoisotopic (exact) mass is 225 g/mol. The van der Waals surface area contributed by atoms with Gasteiger partial charge >= 0.3 is 0 Å². The van der Waals surface area contributed by atoms with E-state index in [1.54, 1.807) is 12.4 Å². The summed E-state index contributed by atoms with van der Waals surface area (Å²) in [5.41, 5.74) is 0.543. The number of aromatic nitrogens is 2. The third kappa shape index (κ3) is 1.49. The van der Waals surface area contributed by atoms with Crippen molar-refractivity contribution in [3.63, 3.8) is 0 Å². The highest BCUT2D eigenvalue weighted by atomic mass is 35.5. The average molecular weight is 226 g/mol. The molecule has 0 spiro atoms. The van der Waals surface area contributed by atoms with Crippen LogP contribution in [0.4, 0.5) is 5.82 Å². The van der Waals surface area contributed by atoms with Crippen molar-refractivity contribution >= 4 is 17.4 Å². The van der Waals surface area contributed by atoms with Crippen LogP contribution in [-0.4, -0.2) is 16.0 Å². The minimum atomic E-state index is 0.272. The molecular weight excluding hydrogens is 210 g/mol. The fourth-order valence-electron chi connectivity index (χ4n) is 2.11. The molecule has 0 bridgehead atoms. The minimum Gasteiger partial charge on any atom is -0.364 e. The zero-order chi connectivity index (χ0) is 11.3. The Morgan fingerprint density at radius 2 is 1.67 bits per heavy atom. The maximum atomic E-state index is 5.95. The van der Waals surface area contributed by atoms with Crippen LogP contribution in [0.15, 0.2) is 12.4 Å². The summed E-state index contributed by atoms with van der Waals surface area (Å²) in [5, 5.41) is 3.80. The Kier molecular flexibility index (Phi) is 2.19. The predicted molar refractivity (Wildman–Crippen MR) is 62.0 cm³/mol. The molecule has 0 aromatic carbocycles. The molecular formula is C11H16ClN3. The van der Waals surface area contributed by atoms with Gasteiger partial charge in [0, 0.05) is 18.4 Å². The van der Waals surface area contributed by atoms with E-state index >= 15 is 0 Å². The summed E-state index contributed by atoms with van der Waals surface area (Å²) in [5.74, 6) is 0.683. The number of nitrogens with zero attached hydrogens (tertiary/aromatic N) is 2. The van der Waals surface area contributed by atoms with Crippen molar-refractivity contribution in [2.75, 3.05) is 5.32 Å². The van der Waals surface area contributed by atoms with Gasteiger partial charge in [-0.05, 0) is 10.8 Å². The number of hydrogen-bond acceptors (Lipinski definition) is 3. The molecule has 0 radical (unpaired) electrons. The first-order valence-corrected chi connectivity index (χ1v) is 5.48. The third-order valence-electron chi connectivity index (χ3n) is 3.96. The molecule has 15 heavy (non-hydrogen) atoms. The summed E-state index contributed by atoms with van der Waals surface area (Å²) in [6.07, 6.45) is 3.24. The van der Waals surface area contributed by atoms with Crippen LogP contribution >= 0.6 is 11.6 Å². The van der Waals surface area contributed by atoms with E-state index in [9.17, 15) is 0 Å². The SMILES string of the molecule is CC1(C)C(Nc2nccnc2Cl)C1(C)C. The number of anilines is 1. The number of hydrogen-bond donors (Lipinski definition) is 1. The molecule has 82 valence electrons. The molecule has 1 aliphatic rings. The predicted octanol–water partition coefficient (Wildman–Crippen LogP) is 2.98. The smallest absolute Gasteiger partial charge is 0.171 e. The summed E-state index contributed by atoms with van der Waals surface area (Å²) >= 11 is 5.95. The van der Waals surface area contributed by atoms with Crippen molar-refractivity contribution in [3.05, 3.63) is 17.5 Å². The minimum absolute atomic E-state index is 0.272. The highest BCUT2D eigenvalue weighted by molar-refractivity contribution is 6.31. The van der Waals surface area contributed by atoms with E-state index in [1.807, 2.05) is 0 Å². The van der Waals surface area contributed by atoms with Gasteiger partial charge in [-0.2, -0.15) is 0 Å². The molecule has 1 aromatic rings. The van der Waals surface area contributed by atoms with E-state index in [0.29, 0.717) is 17.0 Å². The van der Waals surface area contributed by atoms with Crippen molar-refractivity contribution in [2.45, 2.75) is 33.7 Å². The number of halogens is 1. The van der Waals surface area contributed by atoms with Crippen LogP contribution in [0.1, 0.15) is 27.7 Å². The number of nitrogens with one attached hydrogen (secondary N) is 1. The molecule has 1 fully saturated rings. The van der Waals surface area contributed by atoms with Crippen molar-refractivity contribution in [2.24, 2.45) is 10.8 Å². The second-order valence-corrected chi connectivity index (χ2v) is 5.57. The molecule has 3 nitrogen and oxygen atoms in total. The van der Waals surface area contributed by atoms with E-state index in [0.717, 1.165) is 0 Å². The Bertz CT molecular complexity index is 373. The van der Waals surface area contributed by atoms with Gasteiger partial charge < -0.3 is 5.32 Å². The van der Waals surface area contributed by atoms with Gasteiger partial charge in [0.05, 0.1) is 0 Å². The highest BCUT2D eigenvalue weighted by Gasteiger charge is 2.65. The Morgan fingerprint density at radius 3 is 2.13 bits per heavy atom.